The van der Waals surface area contributed by atoms with Crippen LogP contribution in [0.5, 0.6) is 0 Å². The summed E-state index contributed by atoms with van der Waals surface area (Å²) in [5.41, 5.74) is 0. The van der Waals surface area contributed by atoms with Crippen molar-refractivity contribution in [3.05, 3.63) is 11.2 Å². The minimum atomic E-state index is 0.718. The smallest absolute Gasteiger partial charge is 0.182 e. The maximum Gasteiger partial charge on any atom is 0.234 e. The summed E-state index contributed by atoms with van der Waals surface area (Å²) >= 11 is 2.85. The summed E-state index contributed by atoms with van der Waals surface area (Å²) in [7, 11) is 0. The average Bonchev–Trinajstić information content (AvgIpc) is 2.92. The van der Waals surface area contributed by atoms with Gasteiger partial charge in [-0.3, -0.25) is 0 Å². The Morgan fingerprint density at radius 2 is 2.33 bits per heavy atom. The lowest BCUT2D eigenvalue weighted by atomic mass is 10.5. The molecule has 0 N–H and O–H groups in total. The molecule has 3 aromatic heterocycles. The van der Waals surface area contributed by atoms with Gasteiger partial charge in [0.15, 0.2) is 5.82 Å². The standard InChI is InChI=1S/C7H6N6S2/c1-2-5-11-13-6(4-3-8-12-15-4)9-10-7(13)14-5/h3H,2H2,1H3. The third-order valence-corrected chi connectivity index (χ3v) is 3.62. The molecule has 0 saturated carbocycles. The van der Waals surface area contributed by atoms with Gasteiger partial charge in [-0.1, -0.05) is 22.7 Å². The normalized spacial score (nSPS) is 11.3. The van der Waals surface area contributed by atoms with Gasteiger partial charge in [-0.25, -0.2) is 0 Å². The number of aromatic nitrogens is 6. The van der Waals surface area contributed by atoms with E-state index in [0.29, 0.717) is 0 Å². The van der Waals surface area contributed by atoms with Gasteiger partial charge in [0.05, 0.1) is 6.20 Å². The second-order valence-electron chi connectivity index (χ2n) is 2.85. The van der Waals surface area contributed by atoms with Crippen LogP contribution in [0.4, 0.5) is 0 Å². The Balaban J connectivity index is 2.23. The van der Waals surface area contributed by atoms with Crippen molar-refractivity contribution in [2.45, 2.75) is 13.3 Å². The molecule has 0 atom stereocenters. The number of hydrogen-bond acceptors (Lipinski definition) is 7. The molecule has 3 rings (SSSR count). The predicted octanol–water partition coefficient (Wildman–Crippen LogP) is 1.27. The lowest BCUT2D eigenvalue weighted by Crippen LogP contribution is -1.89. The number of hydrogen-bond donors (Lipinski definition) is 0. The van der Waals surface area contributed by atoms with E-state index in [9.17, 15) is 0 Å². The number of rotatable bonds is 2. The SMILES string of the molecule is CCc1nn2c(-c3cnns3)nnc2s1. The molecule has 0 spiro atoms. The van der Waals surface area contributed by atoms with Gasteiger partial charge in [-0.15, -0.1) is 15.3 Å². The molecule has 0 fully saturated rings. The van der Waals surface area contributed by atoms with Crippen LogP contribution < -0.4 is 0 Å². The molecule has 0 amide bonds. The van der Waals surface area contributed by atoms with E-state index in [0.717, 1.165) is 27.1 Å². The maximum atomic E-state index is 4.41. The minimum absolute atomic E-state index is 0.718. The molecule has 0 aliphatic heterocycles. The van der Waals surface area contributed by atoms with Crippen molar-refractivity contribution in [3.8, 4) is 10.7 Å². The van der Waals surface area contributed by atoms with Gasteiger partial charge >= 0.3 is 0 Å². The highest BCUT2D eigenvalue weighted by atomic mass is 32.1. The predicted molar refractivity (Wildman–Crippen MR) is 56.9 cm³/mol. The van der Waals surface area contributed by atoms with Crippen molar-refractivity contribution in [3.63, 3.8) is 0 Å². The Hall–Kier alpha value is -1.41. The van der Waals surface area contributed by atoms with Crippen LogP contribution in [0.15, 0.2) is 6.20 Å². The molecular weight excluding hydrogens is 232 g/mol. The van der Waals surface area contributed by atoms with E-state index in [1.54, 1.807) is 22.0 Å². The van der Waals surface area contributed by atoms with Crippen molar-refractivity contribution in [2.24, 2.45) is 0 Å². The first-order valence-electron chi connectivity index (χ1n) is 4.37. The van der Waals surface area contributed by atoms with Crippen LogP contribution in [0, 0.1) is 0 Å². The first kappa shape index (κ1) is 8.86. The van der Waals surface area contributed by atoms with E-state index >= 15 is 0 Å². The quantitative estimate of drug-likeness (QED) is 0.672. The van der Waals surface area contributed by atoms with Gasteiger partial charge in [0, 0.05) is 0 Å². The van der Waals surface area contributed by atoms with Crippen LogP contribution in [0.1, 0.15) is 11.9 Å². The van der Waals surface area contributed by atoms with Gasteiger partial charge in [-0.2, -0.15) is 9.61 Å². The highest BCUT2D eigenvalue weighted by Crippen LogP contribution is 2.22. The summed E-state index contributed by atoms with van der Waals surface area (Å²) in [5.74, 6) is 0.718. The topological polar surface area (TPSA) is 68.9 Å². The molecule has 3 aromatic rings. The van der Waals surface area contributed by atoms with Crippen molar-refractivity contribution in [2.75, 3.05) is 0 Å². The third kappa shape index (κ3) is 1.33. The summed E-state index contributed by atoms with van der Waals surface area (Å²) < 4.78 is 5.55. The maximum absolute atomic E-state index is 4.41. The Morgan fingerprint density at radius 3 is 3.07 bits per heavy atom. The van der Waals surface area contributed by atoms with Gasteiger partial charge in [0.1, 0.15) is 9.88 Å². The fourth-order valence-electron chi connectivity index (χ4n) is 1.22. The summed E-state index contributed by atoms with van der Waals surface area (Å²) in [6.45, 7) is 2.07. The van der Waals surface area contributed by atoms with E-state index in [-0.39, 0.29) is 0 Å². The lowest BCUT2D eigenvalue weighted by Gasteiger charge is -1.87. The van der Waals surface area contributed by atoms with E-state index in [1.807, 2.05) is 0 Å². The Bertz CT molecular complexity index is 580. The van der Waals surface area contributed by atoms with Gasteiger partial charge in [0.2, 0.25) is 4.96 Å². The highest BCUT2D eigenvalue weighted by molar-refractivity contribution is 7.16. The van der Waals surface area contributed by atoms with Gasteiger partial charge in [-0.05, 0) is 18.0 Å². The Labute approximate surface area is 92.8 Å². The molecule has 0 aromatic carbocycles. The van der Waals surface area contributed by atoms with Crippen LogP contribution >= 0.6 is 22.9 Å². The molecular formula is C7H6N6S2. The molecule has 15 heavy (non-hydrogen) atoms. The van der Waals surface area contributed by atoms with E-state index in [1.165, 1.54) is 11.5 Å². The van der Waals surface area contributed by atoms with E-state index < -0.39 is 0 Å². The van der Waals surface area contributed by atoms with Crippen LogP contribution in [-0.4, -0.2) is 29.4 Å². The second kappa shape index (κ2) is 3.31. The van der Waals surface area contributed by atoms with Crippen LogP contribution in [0.2, 0.25) is 0 Å². The molecule has 0 saturated heterocycles. The zero-order valence-corrected chi connectivity index (χ0v) is 9.42. The average molecular weight is 238 g/mol. The fourth-order valence-corrected chi connectivity index (χ4v) is 2.48. The minimum Gasteiger partial charge on any atom is -0.182 e. The van der Waals surface area contributed by atoms with Gasteiger partial charge < -0.3 is 0 Å². The Kier molecular flexibility index (Phi) is 1.96. The molecule has 6 nitrogen and oxygen atoms in total. The zero-order valence-electron chi connectivity index (χ0n) is 7.78. The molecule has 0 bridgehead atoms. The van der Waals surface area contributed by atoms with E-state index in [4.69, 9.17) is 0 Å². The zero-order chi connectivity index (χ0) is 10.3. The number of fused-ring (bicyclic) bond motifs is 1. The van der Waals surface area contributed by atoms with Crippen molar-refractivity contribution in [1.82, 2.24) is 29.4 Å². The van der Waals surface area contributed by atoms with Crippen LogP contribution in [0.25, 0.3) is 15.7 Å². The molecule has 76 valence electrons. The van der Waals surface area contributed by atoms with Crippen LogP contribution in [0.3, 0.4) is 0 Å². The summed E-state index contributed by atoms with van der Waals surface area (Å²) in [5, 5.41) is 17.4. The highest BCUT2D eigenvalue weighted by Gasteiger charge is 2.13. The third-order valence-electron chi connectivity index (χ3n) is 1.92. The van der Waals surface area contributed by atoms with Gasteiger partial charge in [0.25, 0.3) is 0 Å². The molecule has 0 aliphatic rings. The first-order valence-corrected chi connectivity index (χ1v) is 5.96. The monoisotopic (exact) mass is 238 g/mol. The van der Waals surface area contributed by atoms with Crippen LogP contribution in [-0.2, 0) is 6.42 Å². The van der Waals surface area contributed by atoms with Crippen molar-refractivity contribution < 1.29 is 0 Å². The molecule has 8 heteroatoms. The number of nitrogens with zero attached hydrogens (tertiary/aromatic N) is 6. The van der Waals surface area contributed by atoms with Crippen molar-refractivity contribution in [1.29, 1.82) is 0 Å². The summed E-state index contributed by atoms with van der Waals surface area (Å²) in [6, 6.07) is 0. The fraction of sp³-hybridized carbons (Fsp3) is 0.286. The second-order valence-corrected chi connectivity index (χ2v) is 4.68. The van der Waals surface area contributed by atoms with Crippen molar-refractivity contribution >= 4 is 27.8 Å². The molecule has 0 radical (unpaired) electrons. The first-order chi connectivity index (χ1) is 7.38. The lowest BCUT2D eigenvalue weighted by molar-refractivity contribution is 0.909. The summed E-state index contributed by atoms with van der Waals surface area (Å²) in [6.07, 6.45) is 2.58. The molecule has 3 heterocycles. The summed E-state index contributed by atoms with van der Waals surface area (Å²) in [4.78, 5) is 1.70. The largest absolute Gasteiger partial charge is 0.234 e. The number of aryl methyl sites for hydroxylation is 1. The Morgan fingerprint density at radius 1 is 1.40 bits per heavy atom. The molecule has 0 unspecified atom stereocenters. The molecule has 0 aliphatic carbocycles. The van der Waals surface area contributed by atoms with E-state index in [2.05, 4.69) is 31.8 Å².